The number of nitriles is 1. The number of hydrogen-bond donors (Lipinski definition) is 1. The summed E-state index contributed by atoms with van der Waals surface area (Å²) in [4.78, 5) is 17.5. The summed E-state index contributed by atoms with van der Waals surface area (Å²) in [7, 11) is 1.97. The lowest BCUT2D eigenvalue weighted by Crippen LogP contribution is -2.07. The number of pyridine rings is 1. The number of nitrogens with zero attached hydrogens (tertiary/aromatic N) is 3. The molecule has 138 valence electrons. The Hall–Kier alpha value is -3.13. The molecule has 5 heteroatoms. The van der Waals surface area contributed by atoms with Crippen LogP contribution in [0.25, 0.3) is 10.9 Å². The van der Waals surface area contributed by atoms with Crippen LogP contribution in [0.5, 0.6) is 5.75 Å². The Kier molecular flexibility index (Phi) is 5.00. The number of benzene rings is 1. The van der Waals surface area contributed by atoms with Gasteiger partial charge < -0.3 is 9.67 Å². The minimum absolute atomic E-state index is 0.0661. The quantitative estimate of drug-likeness (QED) is 0.692. The Labute approximate surface area is 158 Å². The van der Waals surface area contributed by atoms with E-state index < -0.39 is 0 Å². The summed E-state index contributed by atoms with van der Waals surface area (Å²) in [5.74, 6) is 0.215. The molecule has 1 aliphatic rings. The Balaban J connectivity index is 0.00000102. The molecule has 0 atom stereocenters. The lowest BCUT2D eigenvalue weighted by Gasteiger charge is -2.08. The van der Waals surface area contributed by atoms with Crippen molar-refractivity contribution in [3.8, 4) is 11.8 Å². The van der Waals surface area contributed by atoms with Crippen LogP contribution in [0.3, 0.4) is 0 Å². The van der Waals surface area contributed by atoms with Gasteiger partial charge in [-0.2, -0.15) is 5.26 Å². The number of ketones is 1. The fourth-order valence-electron chi connectivity index (χ4n) is 3.51. The fourth-order valence-corrected chi connectivity index (χ4v) is 3.51. The maximum Gasteiger partial charge on any atom is 0.195 e. The van der Waals surface area contributed by atoms with Gasteiger partial charge in [0, 0.05) is 35.8 Å². The molecule has 2 heterocycles. The number of fused-ring (bicyclic) bond motifs is 1. The van der Waals surface area contributed by atoms with Crippen molar-refractivity contribution in [2.75, 3.05) is 0 Å². The zero-order valence-corrected chi connectivity index (χ0v) is 16.1. The second-order valence-corrected chi connectivity index (χ2v) is 6.62. The molecular formula is C22H23N3O2. The van der Waals surface area contributed by atoms with Gasteiger partial charge in [-0.25, -0.2) is 0 Å². The molecule has 27 heavy (non-hydrogen) atoms. The van der Waals surface area contributed by atoms with Gasteiger partial charge in [-0.05, 0) is 43.5 Å². The normalized spacial score (nSPS) is 13.0. The summed E-state index contributed by atoms with van der Waals surface area (Å²) in [6.45, 7) is 5.70. The largest absolute Gasteiger partial charge is 0.506 e. The molecule has 0 saturated heterocycles. The molecule has 0 aliphatic heterocycles. The van der Waals surface area contributed by atoms with Crippen LogP contribution in [0.15, 0.2) is 30.6 Å². The lowest BCUT2D eigenvalue weighted by molar-refractivity contribution is 0.103. The molecule has 1 fully saturated rings. The van der Waals surface area contributed by atoms with E-state index in [0.717, 1.165) is 29.4 Å². The van der Waals surface area contributed by atoms with Gasteiger partial charge in [0.15, 0.2) is 5.78 Å². The van der Waals surface area contributed by atoms with Gasteiger partial charge in [-0.1, -0.05) is 13.8 Å². The molecule has 1 aromatic carbocycles. The number of rotatable bonds is 3. The van der Waals surface area contributed by atoms with Crippen LogP contribution in [-0.2, 0) is 7.05 Å². The number of aromatic hydroxyl groups is 1. The van der Waals surface area contributed by atoms with Crippen molar-refractivity contribution < 1.29 is 9.90 Å². The number of aromatic nitrogens is 2. The average Bonchev–Trinajstić information content (AvgIpc) is 3.49. The van der Waals surface area contributed by atoms with Crippen LogP contribution >= 0.6 is 0 Å². The third kappa shape index (κ3) is 3.08. The van der Waals surface area contributed by atoms with Crippen molar-refractivity contribution >= 4 is 16.7 Å². The van der Waals surface area contributed by atoms with Gasteiger partial charge in [-0.15, -0.1) is 0 Å². The van der Waals surface area contributed by atoms with Crippen LogP contribution in [-0.4, -0.2) is 20.4 Å². The molecule has 0 radical (unpaired) electrons. The molecule has 3 aromatic rings. The maximum absolute atomic E-state index is 13.3. The zero-order chi connectivity index (χ0) is 19.7. The van der Waals surface area contributed by atoms with Crippen molar-refractivity contribution in [3.63, 3.8) is 0 Å². The van der Waals surface area contributed by atoms with Crippen LogP contribution < -0.4 is 0 Å². The van der Waals surface area contributed by atoms with E-state index in [1.165, 1.54) is 6.07 Å². The van der Waals surface area contributed by atoms with E-state index in [4.69, 9.17) is 0 Å². The first kappa shape index (κ1) is 18.7. The van der Waals surface area contributed by atoms with E-state index in [1.54, 1.807) is 25.4 Å². The summed E-state index contributed by atoms with van der Waals surface area (Å²) in [5, 5.41) is 20.1. The zero-order valence-electron chi connectivity index (χ0n) is 16.1. The third-order valence-corrected chi connectivity index (χ3v) is 4.92. The summed E-state index contributed by atoms with van der Waals surface area (Å²) in [5.41, 5.74) is 3.74. The lowest BCUT2D eigenvalue weighted by atomic mass is 9.95. The van der Waals surface area contributed by atoms with Crippen molar-refractivity contribution in [3.05, 3.63) is 58.5 Å². The maximum atomic E-state index is 13.3. The van der Waals surface area contributed by atoms with Crippen molar-refractivity contribution in [2.24, 2.45) is 7.05 Å². The first-order chi connectivity index (χ1) is 13.0. The fraction of sp³-hybridized carbons (Fsp3) is 0.318. The summed E-state index contributed by atoms with van der Waals surface area (Å²) in [6.07, 6.45) is 5.63. The minimum Gasteiger partial charge on any atom is -0.506 e. The minimum atomic E-state index is -0.113. The summed E-state index contributed by atoms with van der Waals surface area (Å²) in [6, 6.07) is 6.95. The van der Waals surface area contributed by atoms with E-state index >= 15 is 0 Å². The number of hydrogen-bond acceptors (Lipinski definition) is 4. The van der Waals surface area contributed by atoms with Crippen LogP contribution in [0, 0.1) is 18.3 Å². The average molecular weight is 361 g/mol. The standard InChI is InChI=1S/C20H17N3O2.C2H6/c1-11-7-13(8-14(9-21)19(11)24)20(25)17-15-5-6-22-10-16(15)23(2)18(17)12-3-4-12;1-2/h5-8,10,12,24H,3-4H2,1-2H3;1-2H3. The topological polar surface area (TPSA) is 78.9 Å². The molecule has 2 aromatic heterocycles. The molecule has 0 spiro atoms. The predicted octanol–water partition coefficient (Wildman–Crippen LogP) is 4.59. The number of aryl methyl sites for hydroxylation is 2. The molecule has 0 amide bonds. The van der Waals surface area contributed by atoms with Crippen molar-refractivity contribution in [1.82, 2.24) is 9.55 Å². The van der Waals surface area contributed by atoms with E-state index in [1.807, 2.05) is 33.0 Å². The van der Waals surface area contributed by atoms with E-state index in [9.17, 15) is 15.2 Å². The van der Waals surface area contributed by atoms with Gasteiger partial charge in [0.2, 0.25) is 0 Å². The Morgan fingerprint density at radius 3 is 2.67 bits per heavy atom. The monoisotopic (exact) mass is 361 g/mol. The number of phenolic OH excluding ortho intramolecular Hbond substituents is 1. The molecule has 1 saturated carbocycles. The number of carbonyl (C=O) groups is 1. The molecule has 5 nitrogen and oxygen atoms in total. The van der Waals surface area contributed by atoms with Gasteiger partial charge in [-0.3, -0.25) is 9.78 Å². The van der Waals surface area contributed by atoms with Crippen molar-refractivity contribution in [1.29, 1.82) is 5.26 Å². The van der Waals surface area contributed by atoms with Crippen LogP contribution in [0.4, 0.5) is 0 Å². The highest BCUT2D eigenvalue weighted by Gasteiger charge is 2.33. The molecule has 1 N–H and O–H groups in total. The van der Waals surface area contributed by atoms with Crippen LogP contribution in [0.2, 0.25) is 0 Å². The van der Waals surface area contributed by atoms with Crippen molar-refractivity contribution in [2.45, 2.75) is 39.5 Å². The van der Waals surface area contributed by atoms with Gasteiger partial charge in [0.1, 0.15) is 11.8 Å². The molecule has 4 rings (SSSR count). The Morgan fingerprint density at radius 2 is 2.04 bits per heavy atom. The van der Waals surface area contributed by atoms with E-state index in [-0.39, 0.29) is 17.1 Å². The second kappa shape index (κ2) is 7.24. The highest BCUT2D eigenvalue weighted by atomic mass is 16.3. The van der Waals surface area contributed by atoms with Gasteiger partial charge in [0.25, 0.3) is 0 Å². The highest BCUT2D eigenvalue weighted by Crippen LogP contribution is 2.45. The summed E-state index contributed by atoms with van der Waals surface area (Å²) >= 11 is 0. The highest BCUT2D eigenvalue weighted by molar-refractivity contribution is 6.18. The summed E-state index contributed by atoms with van der Waals surface area (Å²) < 4.78 is 2.06. The van der Waals surface area contributed by atoms with Gasteiger partial charge >= 0.3 is 0 Å². The molecule has 0 unspecified atom stereocenters. The molecule has 0 bridgehead atoms. The third-order valence-electron chi connectivity index (χ3n) is 4.92. The Morgan fingerprint density at radius 1 is 1.33 bits per heavy atom. The second-order valence-electron chi connectivity index (χ2n) is 6.62. The smallest absolute Gasteiger partial charge is 0.195 e. The SMILES string of the molecule is CC.Cc1cc(C(=O)c2c(C3CC3)n(C)c3cnccc23)cc(C#N)c1O. The predicted molar refractivity (Wildman–Crippen MR) is 105 cm³/mol. The molecular weight excluding hydrogens is 338 g/mol. The number of phenols is 1. The van der Waals surface area contributed by atoms with E-state index in [2.05, 4.69) is 9.55 Å². The van der Waals surface area contributed by atoms with E-state index in [0.29, 0.717) is 22.6 Å². The number of carbonyl (C=O) groups excluding carboxylic acids is 1. The first-order valence-corrected chi connectivity index (χ1v) is 9.23. The van der Waals surface area contributed by atoms with Gasteiger partial charge in [0.05, 0.1) is 22.8 Å². The molecule has 1 aliphatic carbocycles. The Bertz CT molecular complexity index is 1070. The van der Waals surface area contributed by atoms with Crippen LogP contribution in [0.1, 0.15) is 65.3 Å². The first-order valence-electron chi connectivity index (χ1n) is 9.23.